The molecule has 0 unspecified atom stereocenters. The van der Waals surface area contributed by atoms with Crippen LogP contribution in [0.5, 0.6) is 0 Å². The van der Waals surface area contributed by atoms with Gasteiger partial charge < -0.3 is 10.2 Å². The normalized spacial score (nSPS) is 12.7. The van der Waals surface area contributed by atoms with Crippen LogP contribution in [0.3, 0.4) is 0 Å². The number of halogens is 2. The highest BCUT2D eigenvalue weighted by Crippen LogP contribution is 2.23. The fourth-order valence-electron chi connectivity index (χ4n) is 3.41. The standard InChI is InChI=1S/C24H31F2N3O4S/c1-6-20(23(31)27-24(2,3)4)28(15-17-11-13-18(25)14-12-17)22(30)16-29(34(5,32)33)21-10-8-7-9-19(21)26/h7-14,20H,6,15-16H2,1-5H3,(H,27,31)/t20-/m1/s1. The van der Waals surface area contributed by atoms with E-state index in [1.54, 1.807) is 27.7 Å². The molecule has 0 fully saturated rings. The van der Waals surface area contributed by atoms with Crippen LogP contribution in [-0.2, 0) is 26.2 Å². The zero-order valence-corrected chi connectivity index (χ0v) is 20.8. The molecular formula is C24H31F2N3O4S. The molecule has 1 N–H and O–H groups in total. The minimum Gasteiger partial charge on any atom is -0.350 e. The number of rotatable bonds is 9. The molecule has 2 aromatic rings. The Kier molecular flexibility index (Phi) is 8.77. The summed E-state index contributed by atoms with van der Waals surface area (Å²) in [4.78, 5) is 27.7. The molecule has 2 amide bonds. The quantitative estimate of drug-likeness (QED) is 0.577. The lowest BCUT2D eigenvalue weighted by atomic mass is 10.1. The van der Waals surface area contributed by atoms with Crippen LogP contribution in [0.25, 0.3) is 0 Å². The van der Waals surface area contributed by atoms with Gasteiger partial charge >= 0.3 is 0 Å². The molecule has 0 radical (unpaired) electrons. The SMILES string of the molecule is CC[C@H](C(=O)NC(C)(C)C)N(Cc1ccc(F)cc1)C(=O)CN(c1ccccc1F)S(C)(=O)=O. The van der Waals surface area contributed by atoms with Crippen LogP contribution in [0.4, 0.5) is 14.5 Å². The minimum atomic E-state index is -4.03. The lowest BCUT2D eigenvalue weighted by Crippen LogP contribution is -2.55. The first-order chi connectivity index (χ1) is 15.7. The van der Waals surface area contributed by atoms with E-state index in [4.69, 9.17) is 0 Å². The van der Waals surface area contributed by atoms with Crippen LogP contribution in [0.15, 0.2) is 48.5 Å². The monoisotopic (exact) mass is 495 g/mol. The maximum absolute atomic E-state index is 14.4. The summed E-state index contributed by atoms with van der Waals surface area (Å²) in [5, 5.41) is 2.84. The first kappa shape index (κ1) is 27.2. The van der Waals surface area contributed by atoms with Gasteiger partial charge in [-0.1, -0.05) is 31.2 Å². The second-order valence-electron chi connectivity index (χ2n) is 9.03. The Morgan fingerprint density at radius 1 is 1.03 bits per heavy atom. The highest BCUT2D eigenvalue weighted by atomic mass is 32.2. The fourth-order valence-corrected chi connectivity index (χ4v) is 4.26. The predicted octanol–water partition coefficient (Wildman–Crippen LogP) is 3.45. The van der Waals surface area contributed by atoms with E-state index < -0.39 is 51.6 Å². The number of nitrogens with zero attached hydrogens (tertiary/aromatic N) is 2. The first-order valence-corrected chi connectivity index (χ1v) is 12.7. The Morgan fingerprint density at radius 2 is 1.62 bits per heavy atom. The number of nitrogens with one attached hydrogen (secondary N) is 1. The highest BCUT2D eigenvalue weighted by molar-refractivity contribution is 7.92. The van der Waals surface area contributed by atoms with Gasteiger partial charge in [-0.25, -0.2) is 17.2 Å². The van der Waals surface area contributed by atoms with Crippen molar-refractivity contribution in [3.8, 4) is 0 Å². The maximum Gasteiger partial charge on any atom is 0.244 e. The van der Waals surface area contributed by atoms with E-state index in [-0.39, 0.29) is 18.7 Å². The average molecular weight is 496 g/mol. The van der Waals surface area contributed by atoms with Crippen molar-refractivity contribution in [3.05, 3.63) is 65.7 Å². The Hall–Kier alpha value is -3.01. The highest BCUT2D eigenvalue weighted by Gasteiger charge is 2.33. The number of benzene rings is 2. The molecule has 0 saturated carbocycles. The molecule has 2 rings (SSSR count). The largest absolute Gasteiger partial charge is 0.350 e. The summed E-state index contributed by atoms with van der Waals surface area (Å²) in [5.41, 5.74) is -0.290. The zero-order valence-electron chi connectivity index (χ0n) is 20.0. The van der Waals surface area contributed by atoms with Gasteiger partial charge in [-0.2, -0.15) is 0 Å². The Bertz CT molecular complexity index is 1120. The molecular weight excluding hydrogens is 464 g/mol. The zero-order chi connectivity index (χ0) is 25.7. The predicted molar refractivity (Wildman–Crippen MR) is 128 cm³/mol. The molecule has 7 nitrogen and oxygen atoms in total. The van der Waals surface area contributed by atoms with Crippen molar-refractivity contribution in [1.82, 2.24) is 10.2 Å². The van der Waals surface area contributed by atoms with Crippen molar-refractivity contribution in [2.24, 2.45) is 0 Å². The molecule has 0 aliphatic rings. The van der Waals surface area contributed by atoms with Crippen LogP contribution in [0.1, 0.15) is 39.7 Å². The maximum atomic E-state index is 14.4. The van der Waals surface area contributed by atoms with Crippen molar-refractivity contribution in [3.63, 3.8) is 0 Å². The summed E-state index contributed by atoms with van der Waals surface area (Å²) in [6.45, 7) is 6.35. The molecule has 0 aliphatic carbocycles. The number of anilines is 1. The van der Waals surface area contributed by atoms with E-state index in [1.807, 2.05) is 0 Å². The molecule has 0 spiro atoms. The summed E-state index contributed by atoms with van der Waals surface area (Å²) in [6.07, 6.45) is 1.12. The topological polar surface area (TPSA) is 86.8 Å². The van der Waals surface area contributed by atoms with Gasteiger partial charge in [-0.15, -0.1) is 0 Å². The first-order valence-electron chi connectivity index (χ1n) is 10.8. The summed E-state index contributed by atoms with van der Waals surface area (Å²) < 4.78 is 53.4. The Labute approximate surface area is 199 Å². The number of para-hydroxylation sites is 1. The van der Waals surface area contributed by atoms with Crippen molar-refractivity contribution in [2.75, 3.05) is 17.1 Å². The minimum absolute atomic E-state index is 0.0654. The summed E-state index contributed by atoms with van der Waals surface area (Å²) >= 11 is 0. The summed E-state index contributed by atoms with van der Waals surface area (Å²) in [5.74, 6) is -2.37. The van der Waals surface area contributed by atoms with E-state index in [1.165, 1.54) is 47.4 Å². The smallest absolute Gasteiger partial charge is 0.244 e. The third kappa shape index (κ3) is 7.51. The molecule has 0 bridgehead atoms. The molecule has 2 aromatic carbocycles. The fraction of sp³-hybridized carbons (Fsp3) is 0.417. The van der Waals surface area contributed by atoms with Gasteiger partial charge in [0.15, 0.2) is 0 Å². The van der Waals surface area contributed by atoms with Gasteiger partial charge in [0.1, 0.15) is 24.2 Å². The number of hydrogen-bond donors (Lipinski definition) is 1. The molecule has 186 valence electrons. The number of carbonyl (C=O) groups excluding carboxylic acids is 2. The third-order valence-electron chi connectivity index (χ3n) is 4.95. The van der Waals surface area contributed by atoms with Crippen molar-refractivity contribution >= 4 is 27.5 Å². The van der Waals surface area contributed by atoms with Gasteiger partial charge in [0.25, 0.3) is 0 Å². The van der Waals surface area contributed by atoms with Crippen LogP contribution in [-0.4, -0.2) is 49.5 Å². The van der Waals surface area contributed by atoms with Gasteiger partial charge in [-0.3, -0.25) is 13.9 Å². The molecule has 0 saturated heterocycles. The lowest BCUT2D eigenvalue weighted by molar-refractivity contribution is -0.141. The molecule has 1 atom stereocenters. The van der Waals surface area contributed by atoms with Gasteiger partial charge in [0.05, 0.1) is 11.9 Å². The second-order valence-corrected chi connectivity index (χ2v) is 10.9. The molecule has 34 heavy (non-hydrogen) atoms. The third-order valence-corrected chi connectivity index (χ3v) is 6.08. The van der Waals surface area contributed by atoms with Crippen molar-refractivity contribution < 1.29 is 26.8 Å². The molecule has 10 heteroatoms. The van der Waals surface area contributed by atoms with E-state index >= 15 is 0 Å². The Balaban J connectivity index is 2.46. The van der Waals surface area contributed by atoms with Crippen molar-refractivity contribution in [1.29, 1.82) is 0 Å². The lowest BCUT2D eigenvalue weighted by Gasteiger charge is -2.34. The average Bonchev–Trinajstić information content (AvgIpc) is 2.71. The number of carbonyl (C=O) groups is 2. The number of amides is 2. The second kappa shape index (κ2) is 10.9. The van der Waals surface area contributed by atoms with E-state index in [0.29, 0.717) is 9.87 Å². The van der Waals surface area contributed by atoms with Crippen LogP contribution in [0.2, 0.25) is 0 Å². The number of hydrogen-bond acceptors (Lipinski definition) is 4. The van der Waals surface area contributed by atoms with Gasteiger partial charge in [0.2, 0.25) is 21.8 Å². The van der Waals surface area contributed by atoms with Gasteiger partial charge in [-0.05, 0) is 57.0 Å². The van der Waals surface area contributed by atoms with Crippen molar-refractivity contribution in [2.45, 2.75) is 52.2 Å². The van der Waals surface area contributed by atoms with Crippen LogP contribution < -0.4 is 9.62 Å². The van der Waals surface area contributed by atoms with E-state index in [0.717, 1.165) is 12.3 Å². The van der Waals surface area contributed by atoms with Crippen LogP contribution in [0, 0.1) is 11.6 Å². The summed E-state index contributed by atoms with van der Waals surface area (Å²) in [6, 6.07) is 9.72. The molecule has 0 aromatic heterocycles. The van der Waals surface area contributed by atoms with E-state index in [9.17, 15) is 26.8 Å². The molecule has 0 aliphatic heterocycles. The number of sulfonamides is 1. The summed E-state index contributed by atoms with van der Waals surface area (Å²) in [7, 11) is -4.03. The van der Waals surface area contributed by atoms with Gasteiger partial charge in [0, 0.05) is 12.1 Å². The van der Waals surface area contributed by atoms with E-state index in [2.05, 4.69) is 5.32 Å². The van der Waals surface area contributed by atoms with Crippen LogP contribution >= 0.6 is 0 Å². The molecule has 0 heterocycles. The Morgan fingerprint density at radius 3 is 2.12 bits per heavy atom.